The second-order valence-electron chi connectivity index (χ2n) is 1.57. The molecule has 0 amide bonds. The van der Waals surface area contributed by atoms with Gasteiger partial charge in [0.15, 0.2) is 0 Å². The van der Waals surface area contributed by atoms with Gasteiger partial charge < -0.3 is 0 Å². The van der Waals surface area contributed by atoms with Crippen molar-refractivity contribution in [1.82, 2.24) is 5.48 Å². The second kappa shape index (κ2) is 4.09. The molecule has 0 heterocycles. The van der Waals surface area contributed by atoms with Crippen LogP contribution in [-0.4, -0.2) is 6.10 Å². The van der Waals surface area contributed by atoms with Crippen LogP contribution in [0.15, 0.2) is 0 Å². The lowest BCUT2D eigenvalue weighted by atomic mass is 10.5. The Hall–Kier alpha value is -0.0800. The molecule has 0 aromatic rings. The molecule has 1 N–H and O–H groups in total. The van der Waals surface area contributed by atoms with Crippen LogP contribution in [0.4, 0.5) is 0 Å². The summed E-state index contributed by atoms with van der Waals surface area (Å²) in [5.41, 5.74) is 2.62. The first-order chi connectivity index (χ1) is 3.27. The van der Waals surface area contributed by atoms with Gasteiger partial charge in [0.25, 0.3) is 0 Å². The molecule has 0 saturated heterocycles. The van der Waals surface area contributed by atoms with E-state index < -0.39 is 0 Å². The Labute approximate surface area is 44.8 Å². The van der Waals surface area contributed by atoms with Gasteiger partial charge in [0.2, 0.25) is 0 Å². The molecule has 0 spiro atoms. The van der Waals surface area contributed by atoms with Crippen molar-refractivity contribution in [2.45, 2.75) is 26.9 Å². The summed E-state index contributed by atoms with van der Waals surface area (Å²) in [6.07, 6.45) is 0.260. The summed E-state index contributed by atoms with van der Waals surface area (Å²) in [7, 11) is 0. The van der Waals surface area contributed by atoms with Crippen LogP contribution in [-0.2, 0) is 4.84 Å². The van der Waals surface area contributed by atoms with Crippen LogP contribution in [0, 0.1) is 6.54 Å². The van der Waals surface area contributed by atoms with Gasteiger partial charge in [-0.15, -0.1) is 0 Å². The van der Waals surface area contributed by atoms with Gasteiger partial charge in [0, 0.05) is 6.54 Å². The molecule has 1 radical (unpaired) electrons. The van der Waals surface area contributed by atoms with Gasteiger partial charge in [0.05, 0.1) is 6.10 Å². The zero-order chi connectivity index (χ0) is 5.70. The predicted octanol–water partition coefficient (Wildman–Crippen LogP) is 1.10. The van der Waals surface area contributed by atoms with E-state index in [2.05, 4.69) is 5.48 Å². The minimum absolute atomic E-state index is 0.260. The lowest BCUT2D eigenvalue weighted by Gasteiger charge is -2.03. The Bertz CT molecular complexity index is 37.1. The topological polar surface area (TPSA) is 21.3 Å². The zero-order valence-electron chi connectivity index (χ0n) is 5.06. The fourth-order valence-corrected chi connectivity index (χ4v) is 0.204. The highest BCUT2D eigenvalue weighted by molar-refractivity contribution is 4.40. The standard InChI is InChI=1S/C5H12NO/c1-4-6-7-5(2)3/h4-6H,1-3H3. The van der Waals surface area contributed by atoms with Gasteiger partial charge in [-0.1, -0.05) is 0 Å². The Morgan fingerprint density at radius 2 is 2.14 bits per heavy atom. The molecule has 0 bridgehead atoms. The highest BCUT2D eigenvalue weighted by Crippen LogP contribution is 1.80. The summed E-state index contributed by atoms with van der Waals surface area (Å²) in [6, 6.07) is 0. The third-order valence-corrected chi connectivity index (χ3v) is 0.422. The zero-order valence-corrected chi connectivity index (χ0v) is 5.06. The summed E-state index contributed by atoms with van der Waals surface area (Å²) < 4.78 is 0. The van der Waals surface area contributed by atoms with Crippen molar-refractivity contribution < 1.29 is 4.84 Å². The van der Waals surface area contributed by atoms with E-state index in [1.54, 1.807) is 6.54 Å². The number of hydrogen-bond acceptors (Lipinski definition) is 2. The van der Waals surface area contributed by atoms with Crippen LogP contribution in [0.1, 0.15) is 20.8 Å². The largest absolute Gasteiger partial charge is 0.299 e. The SMILES string of the molecule is C[CH]NOC(C)C. The maximum Gasteiger partial charge on any atom is 0.0734 e. The molecule has 0 unspecified atom stereocenters. The van der Waals surface area contributed by atoms with E-state index in [1.807, 2.05) is 20.8 Å². The molecule has 7 heavy (non-hydrogen) atoms. The maximum atomic E-state index is 4.89. The molecule has 0 aromatic carbocycles. The third kappa shape index (κ3) is 5.92. The number of nitrogens with one attached hydrogen (secondary N) is 1. The Balaban J connectivity index is 2.68. The van der Waals surface area contributed by atoms with Crippen molar-refractivity contribution in [3.63, 3.8) is 0 Å². The molecule has 0 aliphatic heterocycles. The molecule has 0 aliphatic rings. The van der Waals surface area contributed by atoms with Crippen LogP contribution in [0.25, 0.3) is 0 Å². The highest BCUT2D eigenvalue weighted by Gasteiger charge is 1.86. The highest BCUT2D eigenvalue weighted by atomic mass is 16.7. The van der Waals surface area contributed by atoms with Crippen LogP contribution < -0.4 is 5.48 Å². The third-order valence-electron chi connectivity index (χ3n) is 0.422. The predicted molar refractivity (Wildman–Crippen MR) is 29.3 cm³/mol. The molecule has 2 nitrogen and oxygen atoms in total. The first-order valence-electron chi connectivity index (χ1n) is 2.46. The van der Waals surface area contributed by atoms with Crippen LogP contribution in [0.5, 0.6) is 0 Å². The summed E-state index contributed by atoms with van der Waals surface area (Å²) in [4.78, 5) is 4.89. The van der Waals surface area contributed by atoms with E-state index in [9.17, 15) is 0 Å². The normalized spacial score (nSPS) is 10.3. The summed E-state index contributed by atoms with van der Waals surface area (Å²) in [6.45, 7) is 7.56. The lowest BCUT2D eigenvalue weighted by molar-refractivity contribution is 0.0115. The van der Waals surface area contributed by atoms with E-state index in [4.69, 9.17) is 4.84 Å². The average Bonchev–Trinajstić information content (AvgIpc) is 1.61. The molecule has 0 rings (SSSR count). The van der Waals surface area contributed by atoms with Crippen LogP contribution >= 0.6 is 0 Å². The van der Waals surface area contributed by atoms with E-state index >= 15 is 0 Å². The first-order valence-corrected chi connectivity index (χ1v) is 2.46. The van der Waals surface area contributed by atoms with Crippen LogP contribution in [0.3, 0.4) is 0 Å². The molecule has 43 valence electrons. The van der Waals surface area contributed by atoms with Crippen molar-refractivity contribution in [1.29, 1.82) is 0 Å². The quantitative estimate of drug-likeness (QED) is 0.539. The average molecular weight is 102 g/mol. The minimum atomic E-state index is 0.260. The van der Waals surface area contributed by atoms with E-state index in [0.29, 0.717) is 0 Å². The van der Waals surface area contributed by atoms with Crippen molar-refractivity contribution in [2.75, 3.05) is 0 Å². The molecular formula is C5H12NO. The van der Waals surface area contributed by atoms with Crippen molar-refractivity contribution in [3.8, 4) is 0 Å². The van der Waals surface area contributed by atoms with E-state index in [1.165, 1.54) is 0 Å². The van der Waals surface area contributed by atoms with Crippen LogP contribution in [0.2, 0.25) is 0 Å². The fourth-order valence-electron chi connectivity index (χ4n) is 0.204. The van der Waals surface area contributed by atoms with Gasteiger partial charge in [-0.25, -0.2) is 0 Å². The Kier molecular flexibility index (Phi) is 4.04. The number of hydroxylamine groups is 1. The Morgan fingerprint density at radius 1 is 1.57 bits per heavy atom. The molecule has 0 fully saturated rings. The lowest BCUT2D eigenvalue weighted by Crippen LogP contribution is -2.14. The molecular weight excluding hydrogens is 90.1 g/mol. The second-order valence-corrected chi connectivity index (χ2v) is 1.57. The van der Waals surface area contributed by atoms with Gasteiger partial charge in [-0.3, -0.25) is 4.84 Å². The monoisotopic (exact) mass is 102 g/mol. The van der Waals surface area contributed by atoms with Crippen molar-refractivity contribution >= 4 is 0 Å². The van der Waals surface area contributed by atoms with E-state index in [-0.39, 0.29) is 6.10 Å². The first kappa shape index (κ1) is 6.92. The van der Waals surface area contributed by atoms with Gasteiger partial charge in [0.1, 0.15) is 0 Å². The number of hydrogen-bond donors (Lipinski definition) is 1. The minimum Gasteiger partial charge on any atom is -0.299 e. The Morgan fingerprint density at radius 3 is 2.29 bits per heavy atom. The van der Waals surface area contributed by atoms with Crippen molar-refractivity contribution in [3.05, 3.63) is 6.54 Å². The van der Waals surface area contributed by atoms with Crippen molar-refractivity contribution in [2.24, 2.45) is 0 Å². The summed E-state index contributed by atoms with van der Waals surface area (Å²) in [5, 5.41) is 0. The number of rotatable bonds is 3. The van der Waals surface area contributed by atoms with E-state index in [0.717, 1.165) is 0 Å². The molecule has 0 saturated carbocycles. The van der Waals surface area contributed by atoms with Gasteiger partial charge in [-0.2, -0.15) is 5.48 Å². The summed E-state index contributed by atoms with van der Waals surface area (Å²) in [5.74, 6) is 0. The van der Waals surface area contributed by atoms with Gasteiger partial charge >= 0.3 is 0 Å². The fraction of sp³-hybridized carbons (Fsp3) is 0.800. The molecule has 2 heteroatoms. The smallest absolute Gasteiger partial charge is 0.0734 e. The molecule has 0 aromatic heterocycles. The molecule has 0 aliphatic carbocycles. The molecule has 0 atom stereocenters. The van der Waals surface area contributed by atoms with Gasteiger partial charge in [-0.05, 0) is 20.8 Å². The maximum absolute atomic E-state index is 4.89. The summed E-state index contributed by atoms with van der Waals surface area (Å²) >= 11 is 0.